The molecule has 1 heterocycles. The number of rotatable bonds is 9. The summed E-state index contributed by atoms with van der Waals surface area (Å²) in [5.74, 6) is -0.0775. The van der Waals surface area contributed by atoms with Gasteiger partial charge in [0.25, 0.3) is 5.91 Å². The van der Waals surface area contributed by atoms with Crippen LogP contribution in [0.5, 0.6) is 5.75 Å². The zero-order valence-corrected chi connectivity index (χ0v) is 22.7. The number of imide groups is 1. The first-order valence-corrected chi connectivity index (χ1v) is 13.0. The summed E-state index contributed by atoms with van der Waals surface area (Å²) in [6, 6.07) is 14.0. The maximum atomic E-state index is 13.9. The van der Waals surface area contributed by atoms with Gasteiger partial charge in [0.05, 0.1) is 31.8 Å². The quantitative estimate of drug-likeness (QED) is 0.539. The van der Waals surface area contributed by atoms with Crippen molar-refractivity contribution in [1.29, 1.82) is 0 Å². The lowest BCUT2D eigenvalue weighted by Gasteiger charge is -2.50. The number of ether oxygens (including phenoxy) is 3. The minimum Gasteiger partial charge on any atom is -0.497 e. The maximum absolute atomic E-state index is 13.9. The van der Waals surface area contributed by atoms with Gasteiger partial charge in [0.1, 0.15) is 5.75 Å². The fourth-order valence-corrected chi connectivity index (χ4v) is 5.40. The highest BCUT2D eigenvalue weighted by Crippen LogP contribution is 2.38. The van der Waals surface area contributed by atoms with Gasteiger partial charge >= 0.3 is 6.03 Å². The molecule has 2 aliphatic rings. The number of hydrogen-bond acceptors (Lipinski definition) is 6. The summed E-state index contributed by atoms with van der Waals surface area (Å²) in [6.45, 7) is 4.26. The summed E-state index contributed by atoms with van der Waals surface area (Å²) < 4.78 is 16.7. The average molecular weight is 524 g/mol. The fraction of sp³-hybridized carbons (Fsp3) is 0.483. The summed E-state index contributed by atoms with van der Waals surface area (Å²) in [5.41, 5.74) is 2.20. The SMILES string of the molecule is COc1cccc(CN2C(=O)N(Cc3ccc(C(=O)NC(C)C)cc3)C(=O)C3CC(OC)C(OC)CC32)c1. The highest BCUT2D eigenvalue weighted by atomic mass is 16.5. The van der Waals surface area contributed by atoms with Crippen molar-refractivity contribution < 1.29 is 28.6 Å². The Kier molecular flexibility index (Phi) is 8.69. The molecule has 2 aromatic carbocycles. The third-order valence-corrected chi connectivity index (χ3v) is 7.37. The van der Waals surface area contributed by atoms with Gasteiger partial charge in [0, 0.05) is 38.4 Å². The molecule has 2 aromatic rings. The minimum absolute atomic E-state index is 0.0263. The molecule has 0 aromatic heterocycles. The van der Waals surface area contributed by atoms with Crippen molar-refractivity contribution in [2.75, 3.05) is 21.3 Å². The fourth-order valence-electron chi connectivity index (χ4n) is 5.40. The molecule has 4 unspecified atom stereocenters. The Morgan fingerprint density at radius 2 is 1.63 bits per heavy atom. The lowest BCUT2D eigenvalue weighted by molar-refractivity contribution is -0.152. The van der Waals surface area contributed by atoms with Crippen molar-refractivity contribution in [3.05, 3.63) is 65.2 Å². The number of hydrogen-bond donors (Lipinski definition) is 1. The molecule has 1 saturated carbocycles. The number of fused-ring (bicyclic) bond motifs is 1. The van der Waals surface area contributed by atoms with Crippen LogP contribution in [0.15, 0.2) is 48.5 Å². The number of amides is 4. The predicted octanol–water partition coefficient (Wildman–Crippen LogP) is 3.61. The molecule has 1 aliphatic carbocycles. The van der Waals surface area contributed by atoms with Gasteiger partial charge in [-0.25, -0.2) is 4.79 Å². The van der Waals surface area contributed by atoms with E-state index < -0.39 is 5.92 Å². The van der Waals surface area contributed by atoms with Gasteiger partial charge in [0.15, 0.2) is 0 Å². The number of urea groups is 1. The molecule has 0 spiro atoms. The standard InChI is InChI=1S/C29H37N3O6/c1-18(2)30-27(33)21-11-9-19(10-12-21)16-32-28(34)23-14-25(37-4)26(38-5)15-24(23)31(29(32)35)17-20-7-6-8-22(13-20)36-3/h6-13,18,23-26H,14-17H2,1-5H3,(H,30,33). The molecule has 38 heavy (non-hydrogen) atoms. The van der Waals surface area contributed by atoms with Crippen molar-refractivity contribution >= 4 is 17.8 Å². The van der Waals surface area contributed by atoms with E-state index in [1.54, 1.807) is 50.5 Å². The summed E-state index contributed by atoms with van der Waals surface area (Å²) in [4.78, 5) is 43.0. The van der Waals surface area contributed by atoms with E-state index in [0.717, 1.165) is 11.1 Å². The van der Waals surface area contributed by atoms with Crippen LogP contribution in [0.25, 0.3) is 0 Å². The molecule has 204 valence electrons. The van der Waals surface area contributed by atoms with Crippen LogP contribution in [0.4, 0.5) is 4.79 Å². The highest BCUT2D eigenvalue weighted by molar-refractivity contribution is 5.99. The van der Waals surface area contributed by atoms with E-state index in [-0.39, 0.29) is 48.7 Å². The zero-order valence-electron chi connectivity index (χ0n) is 22.7. The van der Waals surface area contributed by atoms with E-state index in [4.69, 9.17) is 14.2 Å². The average Bonchev–Trinajstić information content (AvgIpc) is 2.92. The molecule has 4 atom stereocenters. The smallest absolute Gasteiger partial charge is 0.327 e. The number of carbonyl (C=O) groups excluding carboxylic acids is 3. The summed E-state index contributed by atoms with van der Waals surface area (Å²) in [7, 11) is 4.86. The highest BCUT2D eigenvalue weighted by Gasteiger charge is 2.51. The Labute approximate surface area is 224 Å². The second kappa shape index (κ2) is 12.0. The van der Waals surface area contributed by atoms with Crippen LogP contribution in [-0.4, -0.2) is 73.3 Å². The molecular formula is C29H37N3O6. The molecule has 9 nitrogen and oxygen atoms in total. The molecule has 4 rings (SSSR count). The Morgan fingerprint density at radius 3 is 2.26 bits per heavy atom. The van der Waals surface area contributed by atoms with Crippen LogP contribution in [0, 0.1) is 5.92 Å². The van der Waals surface area contributed by atoms with Crippen molar-refractivity contribution in [2.45, 2.75) is 64.1 Å². The summed E-state index contributed by atoms with van der Waals surface area (Å²) >= 11 is 0. The largest absolute Gasteiger partial charge is 0.497 e. The third kappa shape index (κ3) is 5.84. The monoisotopic (exact) mass is 523 g/mol. The van der Waals surface area contributed by atoms with E-state index in [0.29, 0.717) is 30.7 Å². The van der Waals surface area contributed by atoms with Crippen LogP contribution >= 0.6 is 0 Å². The van der Waals surface area contributed by atoms with Crippen LogP contribution in [0.1, 0.15) is 48.2 Å². The molecule has 1 aliphatic heterocycles. The van der Waals surface area contributed by atoms with Gasteiger partial charge in [-0.2, -0.15) is 0 Å². The topological polar surface area (TPSA) is 97.4 Å². The Morgan fingerprint density at radius 1 is 0.947 bits per heavy atom. The van der Waals surface area contributed by atoms with Gasteiger partial charge in [-0.3, -0.25) is 14.5 Å². The first-order valence-electron chi connectivity index (χ1n) is 13.0. The number of benzene rings is 2. The maximum Gasteiger partial charge on any atom is 0.327 e. The van der Waals surface area contributed by atoms with E-state index >= 15 is 0 Å². The van der Waals surface area contributed by atoms with E-state index in [1.807, 2.05) is 38.1 Å². The lowest BCUT2D eigenvalue weighted by atomic mass is 9.77. The van der Waals surface area contributed by atoms with Crippen LogP contribution in [-0.2, 0) is 27.4 Å². The van der Waals surface area contributed by atoms with Crippen molar-refractivity contribution in [1.82, 2.24) is 15.1 Å². The number of carbonyl (C=O) groups is 3. The van der Waals surface area contributed by atoms with Crippen molar-refractivity contribution in [3.63, 3.8) is 0 Å². The van der Waals surface area contributed by atoms with Crippen LogP contribution in [0.2, 0.25) is 0 Å². The normalized spacial score (nSPS) is 23.4. The Bertz CT molecular complexity index is 1150. The summed E-state index contributed by atoms with van der Waals surface area (Å²) in [6.07, 6.45) is 0.517. The van der Waals surface area contributed by atoms with Crippen molar-refractivity contribution in [3.8, 4) is 5.75 Å². The molecule has 1 saturated heterocycles. The first kappa shape index (κ1) is 27.6. The minimum atomic E-state index is -0.411. The number of nitrogens with one attached hydrogen (secondary N) is 1. The second-order valence-electron chi connectivity index (χ2n) is 10.2. The second-order valence-corrected chi connectivity index (χ2v) is 10.2. The van der Waals surface area contributed by atoms with Gasteiger partial charge in [-0.1, -0.05) is 24.3 Å². The van der Waals surface area contributed by atoms with E-state index in [1.165, 1.54) is 4.90 Å². The van der Waals surface area contributed by atoms with Crippen LogP contribution in [0.3, 0.4) is 0 Å². The van der Waals surface area contributed by atoms with Gasteiger partial charge in [0.2, 0.25) is 5.91 Å². The van der Waals surface area contributed by atoms with Crippen LogP contribution < -0.4 is 10.1 Å². The van der Waals surface area contributed by atoms with E-state index in [9.17, 15) is 14.4 Å². The van der Waals surface area contributed by atoms with E-state index in [2.05, 4.69) is 5.32 Å². The van der Waals surface area contributed by atoms with Gasteiger partial charge < -0.3 is 24.4 Å². The third-order valence-electron chi connectivity index (χ3n) is 7.37. The first-order chi connectivity index (χ1) is 18.2. The number of methoxy groups -OCH3 is 3. The van der Waals surface area contributed by atoms with Gasteiger partial charge in [-0.05, 0) is 62.1 Å². The molecule has 1 N–H and O–H groups in total. The van der Waals surface area contributed by atoms with Crippen molar-refractivity contribution in [2.24, 2.45) is 5.92 Å². The summed E-state index contributed by atoms with van der Waals surface area (Å²) in [5, 5.41) is 2.86. The Hall–Kier alpha value is -3.43. The predicted molar refractivity (Wildman–Crippen MR) is 142 cm³/mol. The number of nitrogens with zero attached hydrogens (tertiary/aromatic N) is 2. The molecule has 9 heteroatoms. The molecule has 0 bridgehead atoms. The lowest BCUT2D eigenvalue weighted by Crippen LogP contribution is -2.64. The zero-order chi connectivity index (χ0) is 27.4. The Balaban J connectivity index is 1.61. The molecule has 2 fully saturated rings. The molecule has 4 amide bonds. The molecular weight excluding hydrogens is 486 g/mol. The van der Waals surface area contributed by atoms with Gasteiger partial charge in [-0.15, -0.1) is 0 Å². The molecule has 0 radical (unpaired) electrons.